The molecule has 29 heavy (non-hydrogen) atoms. The molecule has 1 N–H and O–H groups in total. The average molecular weight is 435 g/mol. The molecule has 0 atom stereocenters. The Labute approximate surface area is 180 Å². The maximum Gasteiger partial charge on any atom is 0.472 e. The Kier molecular flexibility index (Phi) is 19.0. The second-order valence-electron chi connectivity index (χ2n) is 7.70. The Bertz CT molecular complexity index is 425. The molecule has 0 aromatic rings. The first-order valence-electron chi connectivity index (χ1n) is 11.7. The zero-order valence-corrected chi connectivity index (χ0v) is 20.4. The second kappa shape index (κ2) is 19.4. The smallest absolute Gasteiger partial charge is 0.362 e. The summed E-state index contributed by atoms with van der Waals surface area (Å²) >= 11 is 0. The predicted octanol–water partition coefficient (Wildman–Crippen LogP) is 6.52. The van der Waals surface area contributed by atoms with Crippen LogP contribution in [-0.4, -0.2) is 48.2 Å². The Hall–Kier alpha value is -0.550. The molecule has 0 aromatic carbocycles. The lowest BCUT2D eigenvalue weighted by Crippen LogP contribution is -2.23. The maximum absolute atomic E-state index is 10.5. The topological polar surface area (TPSA) is 62.2 Å². The van der Waals surface area contributed by atoms with Crippen molar-refractivity contribution in [1.29, 1.82) is 0 Å². The fraction of sp³-hybridized carbons (Fsp3) is 0.909. The molecule has 0 spiro atoms. The summed E-state index contributed by atoms with van der Waals surface area (Å²) in [5.41, 5.74) is 0. The van der Waals surface area contributed by atoms with Gasteiger partial charge in [0.2, 0.25) is 0 Å². The SMILES string of the molecule is CCCCCCCCCCCCCCN1C=CN(C)C1.CCOP(=O)(O)OCC. The summed E-state index contributed by atoms with van der Waals surface area (Å²) in [7, 11) is -1.55. The normalized spacial score (nSPS) is 13.7. The molecule has 1 aliphatic heterocycles. The van der Waals surface area contributed by atoms with Crippen molar-refractivity contribution in [2.24, 2.45) is 0 Å². The molecule has 0 bridgehead atoms. The van der Waals surface area contributed by atoms with Crippen molar-refractivity contribution in [3.63, 3.8) is 0 Å². The molecule has 1 heterocycles. The highest BCUT2D eigenvalue weighted by molar-refractivity contribution is 7.47. The van der Waals surface area contributed by atoms with Gasteiger partial charge in [0, 0.05) is 26.0 Å². The number of rotatable bonds is 17. The van der Waals surface area contributed by atoms with Gasteiger partial charge >= 0.3 is 7.82 Å². The molecule has 0 unspecified atom stereocenters. The van der Waals surface area contributed by atoms with E-state index >= 15 is 0 Å². The van der Waals surface area contributed by atoms with E-state index in [1.807, 2.05) is 0 Å². The van der Waals surface area contributed by atoms with E-state index in [9.17, 15) is 4.57 Å². The van der Waals surface area contributed by atoms with Gasteiger partial charge < -0.3 is 14.7 Å². The molecule has 0 fully saturated rings. The van der Waals surface area contributed by atoms with Gasteiger partial charge in [-0.1, -0.05) is 77.6 Å². The minimum Gasteiger partial charge on any atom is -0.362 e. The summed E-state index contributed by atoms with van der Waals surface area (Å²) in [4.78, 5) is 13.3. The van der Waals surface area contributed by atoms with E-state index in [1.165, 1.54) is 83.6 Å². The van der Waals surface area contributed by atoms with Crippen LogP contribution in [0.4, 0.5) is 0 Å². The number of phosphoric ester groups is 1. The fourth-order valence-electron chi connectivity index (χ4n) is 3.25. The lowest BCUT2D eigenvalue weighted by molar-refractivity contribution is 0.161. The first kappa shape index (κ1) is 28.5. The molecular weight excluding hydrogens is 387 g/mol. The third-order valence-corrected chi connectivity index (χ3v) is 5.99. The first-order valence-corrected chi connectivity index (χ1v) is 13.2. The number of hydrogen-bond acceptors (Lipinski definition) is 5. The van der Waals surface area contributed by atoms with Crippen molar-refractivity contribution in [3.8, 4) is 0 Å². The van der Waals surface area contributed by atoms with Crippen molar-refractivity contribution >= 4 is 7.82 Å². The third kappa shape index (κ3) is 19.2. The van der Waals surface area contributed by atoms with E-state index in [2.05, 4.69) is 45.2 Å². The lowest BCUT2D eigenvalue weighted by Gasteiger charge is -2.17. The highest BCUT2D eigenvalue weighted by Gasteiger charge is 2.17. The maximum atomic E-state index is 10.5. The summed E-state index contributed by atoms with van der Waals surface area (Å²) < 4.78 is 19.2. The zero-order chi connectivity index (χ0) is 21.8. The van der Waals surface area contributed by atoms with Crippen LogP contribution >= 0.6 is 7.82 Å². The second-order valence-corrected chi connectivity index (χ2v) is 9.16. The van der Waals surface area contributed by atoms with Crippen LogP contribution < -0.4 is 0 Å². The van der Waals surface area contributed by atoms with Crippen LogP contribution in [-0.2, 0) is 13.6 Å². The van der Waals surface area contributed by atoms with Crippen molar-refractivity contribution in [2.75, 3.05) is 33.5 Å². The van der Waals surface area contributed by atoms with Gasteiger partial charge in [-0.05, 0) is 20.3 Å². The molecule has 7 heteroatoms. The van der Waals surface area contributed by atoms with Gasteiger partial charge in [0.15, 0.2) is 0 Å². The Morgan fingerprint density at radius 2 is 1.24 bits per heavy atom. The summed E-state index contributed by atoms with van der Waals surface area (Å²) in [5.74, 6) is 0. The van der Waals surface area contributed by atoms with Crippen LogP contribution in [0.25, 0.3) is 0 Å². The lowest BCUT2D eigenvalue weighted by atomic mass is 10.1. The summed E-state index contributed by atoms with van der Waals surface area (Å²) in [6.07, 6.45) is 21.6. The molecule has 0 saturated carbocycles. The van der Waals surface area contributed by atoms with Gasteiger partial charge in [0.1, 0.15) is 0 Å². The Morgan fingerprint density at radius 3 is 1.62 bits per heavy atom. The molecule has 6 nitrogen and oxygen atoms in total. The highest BCUT2D eigenvalue weighted by atomic mass is 31.2. The summed E-state index contributed by atoms with van der Waals surface area (Å²) in [6.45, 7) is 8.24. The van der Waals surface area contributed by atoms with Crippen LogP contribution in [0.5, 0.6) is 0 Å². The van der Waals surface area contributed by atoms with Crippen molar-refractivity contribution < 1.29 is 18.5 Å². The molecule has 0 amide bonds. The van der Waals surface area contributed by atoms with Crippen molar-refractivity contribution in [3.05, 3.63) is 12.4 Å². The molecular formula is C22H47N2O4P. The van der Waals surface area contributed by atoms with Gasteiger partial charge in [0.25, 0.3) is 0 Å². The van der Waals surface area contributed by atoms with Gasteiger partial charge in [-0.2, -0.15) is 0 Å². The average Bonchev–Trinajstić information content (AvgIpc) is 3.08. The first-order chi connectivity index (χ1) is 13.9. The molecule has 0 radical (unpaired) electrons. The van der Waals surface area contributed by atoms with E-state index in [-0.39, 0.29) is 13.2 Å². The molecule has 1 aliphatic rings. The third-order valence-electron chi connectivity index (χ3n) is 4.82. The number of nitrogens with zero attached hydrogens (tertiary/aromatic N) is 2. The molecule has 1 rings (SSSR count). The minimum atomic E-state index is -3.69. The summed E-state index contributed by atoms with van der Waals surface area (Å²) in [6, 6.07) is 0. The van der Waals surface area contributed by atoms with Gasteiger partial charge in [-0.25, -0.2) is 4.57 Å². The van der Waals surface area contributed by atoms with E-state index in [4.69, 9.17) is 4.89 Å². The van der Waals surface area contributed by atoms with Crippen LogP contribution in [0.15, 0.2) is 12.4 Å². The minimum absolute atomic E-state index is 0.188. The quantitative estimate of drug-likeness (QED) is 0.208. The number of hydrogen-bond donors (Lipinski definition) is 1. The van der Waals surface area contributed by atoms with E-state index in [1.54, 1.807) is 13.8 Å². The number of phosphoric acid groups is 1. The van der Waals surface area contributed by atoms with Crippen molar-refractivity contribution in [1.82, 2.24) is 9.80 Å². The largest absolute Gasteiger partial charge is 0.472 e. The molecule has 0 saturated heterocycles. The molecule has 0 aromatic heterocycles. The standard InChI is InChI=1S/C18H36N2.C4H11O4P/c1-3-4-5-6-7-8-9-10-11-12-13-14-15-20-17-16-19(2)18-20;1-3-7-9(5,6)8-4-2/h16-17H,3-15,18H2,1-2H3;3-4H2,1-2H3,(H,5,6). The predicted molar refractivity (Wildman–Crippen MR) is 123 cm³/mol. The van der Waals surface area contributed by atoms with E-state index < -0.39 is 7.82 Å². The van der Waals surface area contributed by atoms with Crippen molar-refractivity contribution in [2.45, 2.75) is 97.8 Å². The van der Waals surface area contributed by atoms with Gasteiger partial charge in [-0.3, -0.25) is 9.05 Å². The highest BCUT2D eigenvalue weighted by Crippen LogP contribution is 2.42. The van der Waals surface area contributed by atoms with Gasteiger partial charge in [0.05, 0.1) is 19.9 Å². The summed E-state index contributed by atoms with van der Waals surface area (Å²) in [5, 5.41) is 0. The van der Waals surface area contributed by atoms with Crippen LogP contribution in [0.2, 0.25) is 0 Å². The number of unbranched alkanes of at least 4 members (excludes halogenated alkanes) is 11. The monoisotopic (exact) mass is 434 g/mol. The zero-order valence-electron chi connectivity index (χ0n) is 19.5. The van der Waals surface area contributed by atoms with E-state index in [0.29, 0.717) is 0 Å². The van der Waals surface area contributed by atoms with Gasteiger partial charge in [-0.15, -0.1) is 0 Å². The van der Waals surface area contributed by atoms with Crippen LogP contribution in [0.3, 0.4) is 0 Å². The van der Waals surface area contributed by atoms with Crippen LogP contribution in [0.1, 0.15) is 97.8 Å². The van der Waals surface area contributed by atoms with E-state index in [0.717, 1.165) is 6.67 Å². The fourth-order valence-corrected chi connectivity index (χ4v) is 3.98. The van der Waals surface area contributed by atoms with Crippen LogP contribution in [0, 0.1) is 0 Å². The Balaban J connectivity index is 0.000000734. The molecule has 174 valence electrons. The Morgan fingerprint density at radius 1 is 0.793 bits per heavy atom. The molecule has 0 aliphatic carbocycles.